The van der Waals surface area contributed by atoms with Crippen molar-refractivity contribution in [3.63, 3.8) is 0 Å². The lowest BCUT2D eigenvalue weighted by atomic mass is 10.1. The van der Waals surface area contributed by atoms with Crippen molar-refractivity contribution >= 4 is 19.2 Å². The first-order valence-electron chi connectivity index (χ1n) is 9.04. The van der Waals surface area contributed by atoms with Gasteiger partial charge in [-0.2, -0.15) is 0 Å². The van der Waals surface area contributed by atoms with E-state index in [1.807, 2.05) is 0 Å². The summed E-state index contributed by atoms with van der Waals surface area (Å²) < 4.78 is 11.0. The molecule has 1 N–H and O–H groups in total. The van der Waals surface area contributed by atoms with Crippen molar-refractivity contribution < 1.29 is 9.47 Å². The molecule has 0 aliphatic rings. The lowest BCUT2D eigenvalue weighted by Gasteiger charge is -2.22. The summed E-state index contributed by atoms with van der Waals surface area (Å²) in [6.45, 7) is 14.1. The molecule has 2 aromatic rings. The van der Waals surface area contributed by atoms with Gasteiger partial charge in [0.25, 0.3) is 0 Å². The fourth-order valence-electron chi connectivity index (χ4n) is 2.85. The molecule has 2 aromatic carbocycles. The molecule has 0 aromatic heterocycles. The van der Waals surface area contributed by atoms with Crippen molar-refractivity contribution in [2.24, 2.45) is 0 Å². The molecular formula is C22H32NO2P. The molecule has 0 amide bonds. The van der Waals surface area contributed by atoms with E-state index in [0.29, 0.717) is 8.58 Å². The van der Waals surface area contributed by atoms with Gasteiger partial charge in [-0.15, -0.1) is 0 Å². The highest BCUT2D eigenvalue weighted by atomic mass is 31.1. The van der Waals surface area contributed by atoms with E-state index >= 15 is 0 Å². The molecule has 0 aliphatic heterocycles. The summed E-state index contributed by atoms with van der Waals surface area (Å²) >= 11 is 0. The van der Waals surface area contributed by atoms with Gasteiger partial charge in [-0.1, -0.05) is 38.4 Å². The molecule has 0 heterocycles. The van der Waals surface area contributed by atoms with Crippen LogP contribution in [0.4, 0.5) is 0 Å². The largest absolute Gasteiger partial charge is 0.467 e. The van der Waals surface area contributed by atoms with Gasteiger partial charge in [0, 0.05) is 24.5 Å². The van der Waals surface area contributed by atoms with Crippen LogP contribution in [0.5, 0.6) is 5.75 Å². The normalized spacial score (nSPS) is 12.1. The van der Waals surface area contributed by atoms with E-state index in [2.05, 4.69) is 77.2 Å². The Morgan fingerprint density at radius 2 is 1.69 bits per heavy atom. The fraction of sp³-hybridized carbons (Fsp3) is 0.455. The summed E-state index contributed by atoms with van der Waals surface area (Å²) in [5, 5.41) is 6.21. The average molecular weight is 373 g/mol. The van der Waals surface area contributed by atoms with Crippen LogP contribution in [0.1, 0.15) is 43.0 Å². The van der Waals surface area contributed by atoms with Gasteiger partial charge in [0.1, 0.15) is 5.75 Å². The first kappa shape index (κ1) is 20.9. The summed E-state index contributed by atoms with van der Waals surface area (Å²) in [5.74, 6) is 0.950. The summed E-state index contributed by atoms with van der Waals surface area (Å²) in [6, 6.07) is 11.1. The third kappa shape index (κ3) is 6.09. The average Bonchev–Trinajstić information content (AvgIpc) is 2.53. The maximum atomic E-state index is 5.89. The molecule has 3 nitrogen and oxygen atoms in total. The molecule has 0 saturated heterocycles. The Hall–Kier alpha value is -1.41. The lowest BCUT2D eigenvalue weighted by Crippen LogP contribution is -2.36. The fourth-order valence-corrected chi connectivity index (χ4v) is 4.31. The third-order valence-corrected chi connectivity index (χ3v) is 5.48. The van der Waals surface area contributed by atoms with Crippen molar-refractivity contribution in [3.8, 4) is 5.75 Å². The molecule has 0 fully saturated rings. The Morgan fingerprint density at radius 3 is 2.35 bits per heavy atom. The van der Waals surface area contributed by atoms with Gasteiger partial charge in [0.05, 0.1) is 0 Å². The number of methoxy groups -OCH3 is 1. The van der Waals surface area contributed by atoms with Gasteiger partial charge < -0.3 is 14.8 Å². The zero-order valence-electron chi connectivity index (χ0n) is 17.1. The van der Waals surface area contributed by atoms with E-state index in [-0.39, 0.29) is 12.3 Å². The molecule has 0 radical (unpaired) electrons. The van der Waals surface area contributed by atoms with Crippen molar-refractivity contribution in [2.45, 2.75) is 53.6 Å². The van der Waals surface area contributed by atoms with E-state index in [1.54, 1.807) is 7.11 Å². The zero-order valence-corrected chi connectivity index (χ0v) is 18.1. The summed E-state index contributed by atoms with van der Waals surface area (Å²) in [7, 11) is 2.20. The summed E-state index contributed by atoms with van der Waals surface area (Å²) in [6.07, 6.45) is 0. The molecule has 0 bridgehead atoms. The molecule has 1 atom stereocenters. The Labute approximate surface area is 160 Å². The van der Waals surface area contributed by atoms with Crippen molar-refractivity contribution in [1.82, 2.24) is 5.32 Å². The van der Waals surface area contributed by atoms with Gasteiger partial charge in [0.15, 0.2) is 6.79 Å². The standard InChI is InChI=1S/C22H32NO2P/c1-15-8-9-19(18(11-15)13-23-22(4,5)6)26-20-12-16(2)10-17(3)21(20)25-14-24-7/h8-12,23,26H,13-14H2,1-7H3. The Balaban J connectivity index is 2.36. The highest BCUT2D eigenvalue weighted by molar-refractivity contribution is 7.55. The Bertz CT molecular complexity index is 751. The van der Waals surface area contributed by atoms with Gasteiger partial charge in [-0.3, -0.25) is 0 Å². The van der Waals surface area contributed by atoms with Gasteiger partial charge >= 0.3 is 0 Å². The second kappa shape index (κ2) is 8.99. The SMILES string of the molecule is COCOc1c(C)cc(C)cc1Pc1ccc(C)cc1CNC(C)(C)C. The number of benzene rings is 2. The van der Waals surface area contributed by atoms with Crippen LogP contribution in [0.3, 0.4) is 0 Å². The van der Waals surface area contributed by atoms with Crippen LogP contribution >= 0.6 is 8.58 Å². The summed E-state index contributed by atoms with van der Waals surface area (Å²) in [4.78, 5) is 0. The number of hydrogen-bond donors (Lipinski definition) is 1. The second-order valence-corrected chi connectivity index (χ2v) is 9.23. The van der Waals surface area contributed by atoms with Crippen LogP contribution in [0.15, 0.2) is 30.3 Å². The third-order valence-electron chi connectivity index (χ3n) is 4.08. The van der Waals surface area contributed by atoms with Gasteiger partial charge in [0.2, 0.25) is 0 Å². The molecule has 142 valence electrons. The molecular weight excluding hydrogens is 341 g/mol. The van der Waals surface area contributed by atoms with E-state index in [9.17, 15) is 0 Å². The van der Waals surface area contributed by atoms with E-state index in [0.717, 1.165) is 17.9 Å². The van der Waals surface area contributed by atoms with E-state index < -0.39 is 0 Å². The Morgan fingerprint density at radius 1 is 0.962 bits per heavy atom. The molecule has 4 heteroatoms. The molecule has 0 aliphatic carbocycles. The van der Waals surface area contributed by atoms with Crippen LogP contribution in [0.25, 0.3) is 0 Å². The number of hydrogen-bond acceptors (Lipinski definition) is 3. The maximum absolute atomic E-state index is 5.89. The quantitative estimate of drug-likeness (QED) is 0.585. The highest BCUT2D eigenvalue weighted by Gasteiger charge is 2.14. The highest BCUT2D eigenvalue weighted by Crippen LogP contribution is 2.26. The number of nitrogens with one attached hydrogen (secondary N) is 1. The Kier molecular flexibility index (Phi) is 7.23. The smallest absolute Gasteiger partial charge is 0.188 e. The minimum atomic E-state index is 0.0940. The lowest BCUT2D eigenvalue weighted by molar-refractivity contribution is 0.0514. The molecule has 2 rings (SSSR count). The molecule has 26 heavy (non-hydrogen) atoms. The van der Waals surface area contributed by atoms with Crippen molar-refractivity contribution in [1.29, 1.82) is 0 Å². The second-order valence-electron chi connectivity index (χ2n) is 7.90. The molecule has 0 saturated carbocycles. The van der Waals surface area contributed by atoms with Crippen LogP contribution in [-0.2, 0) is 11.3 Å². The maximum Gasteiger partial charge on any atom is 0.188 e. The minimum absolute atomic E-state index is 0.0940. The van der Waals surface area contributed by atoms with Gasteiger partial charge in [-0.25, -0.2) is 0 Å². The topological polar surface area (TPSA) is 30.5 Å². The van der Waals surface area contributed by atoms with Crippen LogP contribution < -0.4 is 20.7 Å². The van der Waals surface area contributed by atoms with E-state index in [4.69, 9.17) is 9.47 Å². The number of aryl methyl sites for hydroxylation is 3. The van der Waals surface area contributed by atoms with Gasteiger partial charge in [-0.05, 0) is 69.6 Å². The van der Waals surface area contributed by atoms with Crippen molar-refractivity contribution in [3.05, 3.63) is 52.6 Å². The first-order chi connectivity index (χ1) is 12.2. The van der Waals surface area contributed by atoms with Crippen molar-refractivity contribution in [2.75, 3.05) is 13.9 Å². The number of rotatable bonds is 7. The first-order valence-corrected chi connectivity index (χ1v) is 10.0. The monoisotopic (exact) mass is 373 g/mol. The van der Waals surface area contributed by atoms with Crippen LogP contribution in [0, 0.1) is 20.8 Å². The predicted octanol–water partition coefficient (Wildman–Crippen LogP) is 4.11. The van der Waals surface area contributed by atoms with Crippen LogP contribution in [0.2, 0.25) is 0 Å². The minimum Gasteiger partial charge on any atom is -0.467 e. The number of ether oxygens (including phenoxy) is 2. The molecule has 0 spiro atoms. The molecule has 1 unspecified atom stereocenters. The zero-order chi connectivity index (χ0) is 19.3. The summed E-state index contributed by atoms with van der Waals surface area (Å²) in [5.41, 5.74) is 5.16. The van der Waals surface area contributed by atoms with Crippen LogP contribution in [-0.4, -0.2) is 19.4 Å². The predicted molar refractivity (Wildman–Crippen MR) is 114 cm³/mol. The van der Waals surface area contributed by atoms with E-state index in [1.165, 1.54) is 27.3 Å².